The van der Waals surface area contributed by atoms with Crippen molar-refractivity contribution in [1.82, 2.24) is 10.2 Å². The van der Waals surface area contributed by atoms with E-state index in [0.717, 1.165) is 0 Å². The second-order valence-corrected chi connectivity index (χ2v) is 4.29. The molecule has 5 heteroatoms. The SMILES string of the molecule is CNC(=O)C(C)N(C)C(=O)c1ccccc1/C=C/C=O. The lowest BCUT2D eigenvalue weighted by atomic mass is 10.1. The lowest BCUT2D eigenvalue weighted by molar-refractivity contribution is -0.124. The number of benzene rings is 1. The minimum atomic E-state index is -0.574. The van der Waals surface area contributed by atoms with Crippen LogP contribution in [0.2, 0.25) is 0 Å². The number of carbonyl (C=O) groups excluding carboxylic acids is 3. The van der Waals surface area contributed by atoms with Crippen molar-refractivity contribution in [3.8, 4) is 0 Å². The van der Waals surface area contributed by atoms with Gasteiger partial charge in [0, 0.05) is 19.7 Å². The van der Waals surface area contributed by atoms with Gasteiger partial charge in [0.05, 0.1) is 0 Å². The van der Waals surface area contributed by atoms with Crippen molar-refractivity contribution in [2.24, 2.45) is 0 Å². The smallest absolute Gasteiger partial charge is 0.254 e. The number of allylic oxidation sites excluding steroid dienone is 1. The Balaban J connectivity index is 3.05. The Morgan fingerprint density at radius 3 is 2.55 bits per heavy atom. The van der Waals surface area contributed by atoms with Crippen LogP contribution in [0.15, 0.2) is 30.3 Å². The van der Waals surface area contributed by atoms with Crippen molar-refractivity contribution in [2.75, 3.05) is 14.1 Å². The number of carbonyl (C=O) groups is 3. The number of nitrogens with zero attached hydrogens (tertiary/aromatic N) is 1. The highest BCUT2D eigenvalue weighted by Gasteiger charge is 2.23. The van der Waals surface area contributed by atoms with Crippen molar-refractivity contribution in [2.45, 2.75) is 13.0 Å². The lowest BCUT2D eigenvalue weighted by Gasteiger charge is -2.24. The van der Waals surface area contributed by atoms with Crippen LogP contribution in [-0.2, 0) is 9.59 Å². The molecule has 0 aliphatic heterocycles. The first-order valence-electron chi connectivity index (χ1n) is 6.22. The minimum absolute atomic E-state index is 0.234. The van der Waals surface area contributed by atoms with Gasteiger partial charge in [0.2, 0.25) is 5.91 Å². The Bertz CT molecular complexity index is 538. The van der Waals surface area contributed by atoms with E-state index >= 15 is 0 Å². The van der Waals surface area contributed by atoms with Gasteiger partial charge in [-0.05, 0) is 24.6 Å². The van der Waals surface area contributed by atoms with Crippen molar-refractivity contribution in [1.29, 1.82) is 0 Å². The molecule has 2 amide bonds. The number of amides is 2. The maximum atomic E-state index is 12.4. The van der Waals surface area contributed by atoms with Gasteiger partial charge >= 0.3 is 0 Å². The van der Waals surface area contributed by atoms with Gasteiger partial charge in [0.25, 0.3) is 5.91 Å². The quantitative estimate of drug-likeness (QED) is 0.646. The second-order valence-electron chi connectivity index (χ2n) is 4.29. The van der Waals surface area contributed by atoms with Crippen LogP contribution in [0.5, 0.6) is 0 Å². The van der Waals surface area contributed by atoms with Gasteiger partial charge in [0.15, 0.2) is 0 Å². The van der Waals surface area contributed by atoms with Crippen molar-refractivity contribution in [3.63, 3.8) is 0 Å². The maximum Gasteiger partial charge on any atom is 0.254 e. The molecule has 106 valence electrons. The molecule has 0 bridgehead atoms. The van der Waals surface area contributed by atoms with Crippen LogP contribution in [0.1, 0.15) is 22.8 Å². The first kappa shape index (κ1) is 15.6. The zero-order valence-corrected chi connectivity index (χ0v) is 11.8. The van der Waals surface area contributed by atoms with Gasteiger partial charge in [-0.1, -0.05) is 24.3 Å². The highest BCUT2D eigenvalue weighted by atomic mass is 16.2. The van der Waals surface area contributed by atoms with E-state index in [9.17, 15) is 14.4 Å². The second kappa shape index (κ2) is 7.23. The molecule has 0 heterocycles. The summed E-state index contributed by atoms with van der Waals surface area (Å²) in [5, 5.41) is 2.51. The average Bonchev–Trinajstić information content (AvgIpc) is 2.50. The Kier molecular flexibility index (Phi) is 5.65. The highest BCUT2D eigenvalue weighted by Crippen LogP contribution is 2.14. The Morgan fingerprint density at radius 2 is 1.95 bits per heavy atom. The van der Waals surface area contributed by atoms with E-state index in [1.165, 1.54) is 18.0 Å². The molecule has 0 saturated carbocycles. The fraction of sp³-hybridized carbons (Fsp3) is 0.267. The van der Waals surface area contributed by atoms with Gasteiger partial charge in [-0.3, -0.25) is 14.4 Å². The number of nitrogens with one attached hydrogen (secondary N) is 1. The summed E-state index contributed by atoms with van der Waals surface area (Å²) < 4.78 is 0. The standard InChI is InChI=1S/C15H18N2O3/c1-11(14(19)16-2)17(3)15(20)13-9-5-4-7-12(13)8-6-10-18/h4-11H,1-3H3,(H,16,19)/b8-6+. The van der Waals surface area contributed by atoms with E-state index in [1.807, 2.05) is 0 Å². The molecule has 5 nitrogen and oxygen atoms in total. The monoisotopic (exact) mass is 274 g/mol. The van der Waals surface area contributed by atoms with E-state index in [4.69, 9.17) is 0 Å². The molecule has 20 heavy (non-hydrogen) atoms. The number of likely N-dealkylation sites (N-methyl/N-ethyl adjacent to an activating group) is 2. The van der Waals surface area contributed by atoms with Crippen LogP contribution in [-0.4, -0.2) is 43.1 Å². The minimum Gasteiger partial charge on any atom is -0.357 e. The predicted octanol–water partition coefficient (Wildman–Crippen LogP) is 1.11. The third-order valence-corrected chi connectivity index (χ3v) is 3.07. The number of hydrogen-bond acceptors (Lipinski definition) is 3. The van der Waals surface area contributed by atoms with Gasteiger partial charge in [-0.2, -0.15) is 0 Å². The molecule has 1 rings (SSSR count). The molecule has 1 aromatic rings. The van der Waals surface area contributed by atoms with Crippen LogP contribution in [0, 0.1) is 0 Å². The van der Waals surface area contributed by atoms with E-state index in [-0.39, 0.29) is 11.8 Å². The molecule has 0 saturated heterocycles. The van der Waals surface area contributed by atoms with Crippen molar-refractivity contribution >= 4 is 24.2 Å². The summed E-state index contributed by atoms with van der Waals surface area (Å²) >= 11 is 0. The maximum absolute atomic E-state index is 12.4. The van der Waals surface area contributed by atoms with Crippen molar-refractivity contribution in [3.05, 3.63) is 41.5 Å². The van der Waals surface area contributed by atoms with Gasteiger partial charge in [-0.15, -0.1) is 0 Å². The molecule has 1 aromatic carbocycles. The number of hydrogen-bond donors (Lipinski definition) is 1. The molecule has 0 aromatic heterocycles. The van der Waals surface area contributed by atoms with E-state index in [0.29, 0.717) is 17.4 Å². The fourth-order valence-electron chi connectivity index (χ4n) is 1.73. The normalized spacial score (nSPS) is 11.9. The molecule has 1 atom stereocenters. The Labute approximate surface area is 118 Å². The summed E-state index contributed by atoms with van der Waals surface area (Å²) in [5.74, 6) is -0.506. The molecule has 1 N–H and O–H groups in total. The zero-order valence-electron chi connectivity index (χ0n) is 11.8. The molecule has 1 unspecified atom stereocenters. The molecule has 0 fully saturated rings. The molecule has 0 aliphatic rings. The summed E-state index contributed by atoms with van der Waals surface area (Å²) in [5.41, 5.74) is 1.09. The lowest BCUT2D eigenvalue weighted by Crippen LogP contribution is -2.45. The summed E-state index contributed by atoms with van der Waals surface area (Å²) in [7, 11) is 3.10. The Hall–Kier alpha value is -2.43. The van der Waals surface area contributed by atoms with Gasteiger partial charge in [-0.25, -0.2) is 0 Å². The first-order chi connectivity index (χ1) is 9.52. The van der Waals surface area contributed by atoms with Crippen molar-refractivity contribution < 1.29 is 14.4 Å². The summed E-state index contributed by atoms with van der Waals surface area (Å²) in [6, 6.07) is 6.36. The van der Waals surface area contributed by atoms with Crippen LogP contribution in [0.25, 0.3) is 6.08 Å². The summed E-state index contributed by atoms with van der Waals surface area (Å²) in [4.78, 5) is 35.8. The number of rotatable bonds is 5. The van der Waals surface area contributed by atoms with E-state index in [2.05, 4.69) is 5.32 Å². The zero-order chi connectivity index (χ0) is 15.1. The third-order valence-electron chi connectivity index (χ3n) is 3.07. The van der Waals surface area contributed by atoms with Gasteiger partial charge < -0.3 is 10.2 Å². The third kappa shape index (κ3) is 3.54. The van der Waals surface area contributed by atoms with Crippen LogP contribution >= 0.6 is 0 Å². The molecular formula is C15H18N2O3. The summed E-state index contributed by atoms with van der Waals surface area (Å²) in [6.07, 6.45) is 3.55. The van der Waals surface area contributed by atoms with Crippen LogP contribution in [0.3, 0.4) is 0 Å². The van der Waals surface area contributed by atoms with Gasteiger partial charge in [0.1, 0.15) is 12.3 Å². The average molecular weight is 274 g/mol. The largest absolute Gasteiger partial charge is 0.357 e. The molecular weight excluding hydrogens is 256 g/mol. The highest BCUT2D eigenvalue weighted by molar-refractivity contribution is 6.00. The Morgan fingerprint density at radius 1 is 1.30 bits per heavy atom. The van der Waals surface area contributed by atoms with E-state index in [1.54, 1.807) is 44.3 Å². The summed E-state index contributed by atoms with van der Waals surface area (Å²) in [6.45, 7) is 1.65. The molecule has 0 spiro atoms. The molecule has 0 aliphatic carbocycles. The number of aldehydes is 1. The predicted molar refractivity (Wildman–Crippen MR) is 77.2 cm³/mol. The molecule has 0 radical (unpaired) electrons. The van der Waals surface area contributed by atoms with Crippen LogP contribution < -0.4 is 5.32 Å². The fourth-order valence-corrected chi connectivity index (χ4v) is 1.73. The van der Waals surface area contributed by atoms with Crippen LogP contribution in [0.4, 0.5) is 0 Å². The first-order valence-corrected chi connectivity index (χ1v) is 6.22. The van der Waals surface area contributed by atoms with E-state index < -0.39 is 6.04 Å². The topological polar surface area (TPSA) is 66.5 Å².